The summed E-state index contributed by atoms with van der Waals surface area (Å²) in [5.41, 5.74) is 10.8. The highest BCUT2D eigenvalue weighted by atomic mass is 16.5. The fraction of sp³-hybridized carbons (Fsp3) is 0.417. The number of carbonyl (C=O) groups excluding carboxylic acids is 1. The highest BCUT2D eigenvalue weighted by molar-refractivity contribution is 6.06. The molecule has 0 bridgehead atoms. The van der Waals surface area contributed by atoms with E-state index in [0.29, 0.717) is 41.2 Å². The van der Waals surface area contributed by atoms with Crippen LogP contribution in [0.1, 0.15) is 13.3 Å². The van der Waals surface area contributed by atoms with E-state index in [2.05, 4.69) is 10.2 Å². The van der Waals surface area contributed by atoms with Crippen LogP contribution in [0.25, 0.3) is 10.8 Å². The lowest BCUT2D eigenvalue weighted by Crippen LogP contribution is -2.37. The SMILES string of the molecule is CCn1c(NC(=O)C(/C=C\N)=C/N)cc2c(OC)c(OCCCN3CCOCC3)ccc2c1=O. The molecule has 0 spiro atoms. The van der Waals surface area contributed by atoms with E-state index < -0.39 is 5.91 Å². The second-order valence-electron chi connectivity index (χ2n) is 7.73. The number of anilines is 1. The highest BCUT2D eigenvalue weighted by Gasteiger charge is 2.18. The zero-order chi connectivity index (χ0) is 24.5. The van der Waals surface area contributed by atoms with Gasteiger partial charge >= 0.3 is 0 Å². The van der Waals surface area contributed by atoms with Crippen molar-refractivity contribution in [2.24, 2.45) is 11.5 Å². The van der Waals surface area contributed by atoms with Crippen LogP contribution in [0.5, 0.6) is 11.5 Å². The van der Waals surface area contributed by atoms with Crippen molar-refractivity contribution in [3.63, 3.8) is 0 Å². The van der Waals surface area contributed by atoms with E-state index >= 15 is 0 Å². The minimum Gasteiger partial charge on any atom is -0.492 e. The number of aromatic nitrogens is 1. The molecule has 1 aliphatic rings. The maximum atomic E-state index is 13.2. The van der Waals surface area contributed by atoms with Crippen LogP contribution in [0.15, 0.2) is 47.0 Å². The number of fused-ring (bicyclic) bond motifs is 1. The van der Waals surface area contributed by atoms with E-state index in [1.54, 1.807) is 18.2 Å². The van der Waals surface area contributed by atoms with Gasteiger partial charge in [0, 0.05) is 37.8 Å². The second kappa shape index (κ2) is 12.1. The van der Waals surface area contributed by atoms with Crippen molar-refractivity contribution in [1.29, 1.82) is 0 Å². The Morgan fingerprint density at radius 3 is 2.65 bits per heavy atom. The molecule has 5 N–H and O–H groups in total. The lowest BCUT2D eigenvalue weighted by Gasteiger charge is -2.26. The minimum absolute atomic E-state index is 0.169. The fourth-order valence-electron chi connectivity index (χ4n) is 3.91. The number of nitrogens with zero attached hydrogens (tertiary/aromatic N) is 2. The van der Waals surface area contributed by atoms with Crippen LogP contribution in [0.4, 0.5) is 5.82 Å². The smallest absolute Gasteiger partial charge is 0.260 e. The Balaban J connectivity index is 1.87. The van der Waals surface area contributed by atoms with Crippen LogP contribution in [0, 0.1) is 0 Å². The van der Waals surface area contributed by atoms with E-state index in [9.17, 15) is 9.59 Å². The molecule has 1 aromatic carbocycles. The Morgan fingerprint density at radius 2 is 2.00 bits per heavy atom. The summed E-state index contributed by atoms with van der Waals surface area (Å²) in [4.78, 5) is 28.1. The number of pyridine rings is 1. The molecule has 2 aromatic rings. The average Bonchev–Trinajstić information content (AvgIpc) is 2.85. The quantitative estimate of drug-likeness (QED) is 0.269. The maximum absolute atomic E-state index is 13.2. The first-order chi connectivity index (χ1) is 16.5. The molecular formula is C24H33N5O5. The van der Waals surface area contributed by atoms with Crippen molar-refractivity contribution >= 4 is 22.5 Å². The Labute approximate surface area is 198 Å². The Hall–Kier alpha value is -3.50. The normalized spacial score (nSPS) is 15.1. The van der Waals surface area contributed by atoms with Gasteiger partial charge in [-0.2, -0.15) is 0 Å². The first kappa shape index (κ1) is 25.1. The highest BCUT2D eigenvalue weighted by Crippen LogP contribution is 2.35. The molecule has 10 nitrogen and oxygen atoms in total. The third-order valence-electron chi connectivity index (χ3n) is 5.67. The monoisotopic (exact) mass is 471 g/mol. The van der Waals surface area contributed by atoms with E-state index in [1.807, 2.05) is 6.92 Å². The van der Waals surface area contributed by atoms with Gasteiger partial charge in [0.05, 0.1) is 37.9 Å². The summed E-state index contributed by atoms with van der Waals surface area (Å²) >= 11 is 0. The van der Waals surface area contributed by atoms with Crippen molar-refractivity contribution in [1.82, 2.24) is 9.47 Å². The van der Waals surface area contributed by atoms with Crippen LogP contribution >= 0.6 is 0 Å². The number of nitrogens with two attached hydrogens (primary N) is 2. The van der Waals surface area contributed by atoms with Crippen molar-refractivity contribution in [3.05, 3.63) is 52.6 Å². The summed E-state index contributed by atoms with van der Waals surface area (Å²) in [6.45, 7) is 7.00. The lowest BCUT2D eigenvalue weighted by molar-refractivity contribution is -0.112. The molecule has 34 heavy (non-hydrogen) atoms. The molecule has 1 fully saturated rings. The Bertz CT molecular complexity index is 1120. The van der Waals surface area contributed by atoms with Gasteiger partial charge in [-0.15, -0.1) is 0 Å². The number of hydrogen-bond donors (Lipinski definition) is 3. The van der Waals surface area contributed by atoms with E-state index in [-0.39, 0.29) is 11.1 Å². The van der Waals surface area contributed by atoms with Crippen LogP contribution in [0.2, 0.25) is 0 Å². The number of morpholine rings is 1. The van der Waals surface area contributed by atoms with Gasteiger partial charge in [0.15, 0.2) is 11.5 Å². The Kier molecular flexibility index (Phi) is 8.94. The molecule has 0 atom stereocenters. The van der Waals surface area contributed by atoms with Crippen LogP contribution < -0.4 is 31.8 Å². The molecule has 10 heteroatoms. The van der Waals surface area contributed by atoms with Crippen molar-refractivity contribution in [2.45, 2.75) is 19.9 Å². The number of carbonyl (C=O) groups is 1. The predicted octanol–water partition coefficient (Wildman–Crippen LogP) is 1.38. The summed E-state index contributed by atoms with van der Waals surface area (Å²) in [5, 5.41) is 3.76. The Morgan fingerprint density at radius 1 is 1.24 bits per heavy atom. The van der Waals surface area contributed by atoms with E-state index in [1.165, 1.54) is 24.0 Å². The minimum atomic E-state index is -0.486. The molecule has 1 amide bonds. The standard InChI is InChI=1S/C24H33N5O5/c1-3-29-21(27-23(30)17(16-26)7-8-25)15-19-18(24(29)31)5-6-20(22(19)32-2)34-12-4-9-28-10-13-33-14-11-28/h5-8,15-16H,3-4,9-14,25-26H2,1-2H3,(H,27,30)/b8-7-,17-16+. The summed E-state index contributed by atoms with van der Waals surface area (Å²) in [7, 11) is 1.53. The van der Waals surface area contributed by atoms with Crippen LogP contribution in [-0.4, -0.2) is 61.9 Å². The van der Waals surface area contributed by atoms with Gasteiger partial charge < -0.3 is 31.0 Å². The van der Waals surface area contributed by atoms with Gasteiger partial charge in [0.1, 0.15) is 5.82 Å². The number of nitrogens with one attached hydrogen (secondary N) is 1. The number of rotatable bonds is 10. The molecule has 3 rings (SSSR count). The average molecular weight is 472 g/mol. The van der Waals surface area contributed by atoms with Gasteiger partial charge in [0.25, 0.3) is 11.5 Å². The molecule has 0 aliphatic carbocycles. The van der Waals surface area contributed by atoms with Gasteiger partial charge in [-0.1, -0.05) is 0 Å². The third-order valence-corrected chi connectivity index (χ3v) is 5.67. The van der Waals surface area contributed by atoms with Crippen molar-refractivity contribution < 1.29 is 19.0 Å². The molecule has 2 heterocycles. The molecule has 0 saturated carbocycles. The topological polar surface area (TPSA) is 134 Å². The molecule has 1 aromatic heterocycles. The van der Waals surface area contributed by atoms with Crippen molar-refractivity contribution in [2.75, 3.05) is 51.9 Å². The molecule has 1 aliphatic heterocycles. The van der Waals surface area contributed by atoms with Gasteiger partial charge in [-0.05, 0) is 43.8 Å². The molecule has 0 unspecified atom stereocenters. The zero-order valence-corrected chi connectivity index (χ0v) is 19.7. The van der Waals surface area contributed by atoms with Crippen molar-refractivity contribution in [3.8, 4) is 11.5 Å². The zero-order valence-electron chi connectivity index (χ0n) is 19.7. The van der Waals surface area contributed by atoms with Crippen LogP contribution in [0.3, 0.4) is 0 Å². The third kappa shape index (κ3) is 5.70. The number of amides is 1. The van der Waals surface area contributed by atoms with Gasteiger partial charge in [-0.3, -0.25) is 19.1 Å². The first-order valence-electron chi connectivity index (χ1n) is 11.3. The van der Waals surface area contributed by atoms with Gasteiger partial charge in [0.2, 0.25) is 0 Å². The number of hydrogen-bond acceptors (Lipinski definition) is 8. The molecule has 184 valence electrons. The van der Waals surface area contributed by atoms with E-state index in [4.69, 9.17) is 25.7 Å². The largest absolute Gasteiger partial charge is 0.492 e. The number of methoxy groups -OCH3 is 1. The molecular weight excluding hydrogens is 438 g/mol. The second-order valence-corrected chi connectivity index (χ2v) is 7.73. The summed E-state index contributed by atoms with van der Waals surface area (Å²) in [6, 6.07) is 5.17. The maximum Gasteiger partial charge on any atom is 0.260 e. The predicted molar refractivity (Wildman–Crippen MR) is 132 cm³/mol. The van der Waals surface area contributed by atoms with Crippen LogP contribution in [-0.2, 0) is 16.1 Å². The first-order valence-corrected chi connectivity index (χ1v) is 11.3. The molecule has 0 radical (unpaired) electrons. The molecule has 1 saturated heterocycles. The fourth-order valence-corrected chi connectivity index (χ4v) is 3.91. The number of benzene rings is 1. The van der Waals surface area contributed by atoms with E-state index in [0.717, 1.165) is 45.5 Å². The summed E-state index contributed by atoms with van der Waals surface area (Å²) in [5.74, 6) is 0.810. The summed E-state index contributed by atoms with van der Waals surface area (Å²) in [6.07, 6.45) is 4.60. The lowest BCUT2D eigenvalue weighted by atomic mass is 10.1. The summed E-state index contributed by atoms with van der Waals surface area (Å²) < 4.78 is 18.5. The van der Waals surface area contributed by atoms with Gasteiger partial charge in [-0.25, -0.2) is 0 Å². The number of ether oxygens (including phenoxy) is 3.